The highest BCUT2D eigenvalue weighted by molar-refractivity contribution is 5.91. The molecule has 1 aromatic heterocycles. The average Bonchev–Trinajstić information content (AvgIpc) is 2.96. The Hall–Kier alpha value is -2.11. The lowest BCUT2D eigenvalue weighted by Crippen LogP contribution is -2.33. The highest BCUT2D eigenvalue weighted by Gasteiger charge is 2.49. The van der Waals surface area contributed by atoms with Crippen LogP contribution in [0.15, 0.2) is 18.2 Å². The zero-order valence-corrected chi connectivity index (χ0v) is 10.3. The second-order valence-electron chi connectivity index (χ2n) is 5.13. The van der Waals surface area contributed by atoms with E-state index in [1.54, 1.807) is 12.1 Å². The number of aromatic nitrogens is 1. The van der Waals surface area contributed by atoms with E-state index in [0.717, 1.165) is 12.8 Å². The number of carbonyl (C=O) groups is 2. The fraction of sp³-hybridized carbons (Fsp3) is 0.462. The minimum atomic E-state index is -0.747. The standard InChI is InChI=1S/C13H15N3O3/c14-12(17)9-2-1-3-11(15-9)16-7-4-5-10(16)8(6-7)13(18)19/h1-3,7-8,10H,4-6H2,(H2,14,17)(H,18,19). The monoisotopic (exact) mass is 261 g/mol. The van der Waals surface area contributed by atoms with Gasteiger partial charge in [0.15, 0.2) is 0 Å². The molecule has 2 saturated heterocycles. The molecule has 2 aliphatic heterocycles. The van der Waals surface area contributed by atoms with E-state index in [1.807, 2.05) is 11.0 Å². The van der Waals surface area contributed by atoms with Crippen LogP contribution in [-0.4, -0.2) is 34.1 Å². The summed E-state index contributed by atoms with van der Waals surface area (Å²) in [6, 6.07) is 5.30. The number of hydrogen-bond donors (Lipinski definition) is 2. The zero-order chi connectivity index (χ0) is 13.6. The third-order valence-electron chi connectivity index (χ3n) is 4.11. The van der Waals surface area contributed by atoms with Gasteiger partial charge in [-0.25, -0.2) is 4.98 Å². The normalized spacial score (nSPS) is 28.6. The number of aliphatic carboxylic acids is 1. The molecule has 100 valence electrons. The molecule has 0 aliphatic carbocycles. The van der Waals surface area contributed by atoms with Gasteiger partial charge in [-0.1, -0.05) is 6.07 Å². The minimum Gasteiger partial charge on any atom is -0.481 e. The predicted molar refractivity (Wildman–Crippen MR) is 67.8 cm³/mol. The fourth-order valence-electron chi connectivity index (χ4n) is 3.32. The third-order valence-corrected chi connectivity index (χ3v) is 4.11. The van der Waals surface area contributed by atoms with Crippen molar-refractivity contribution >= 4 is 17.7 Å². The molecule has 2 bridgehead atoms. The Kier molecular flexibility index (Phi) is 2.66. The van der Waals surface area contributed by atoms with Gasteiger partial charge in [0.2, 0.25) is 0 Å². The Morgan fingerprint density at radius 3 is 2.79 bits per heavy atom. The van der Waals surface area contributed by atoms with Crippen molar-refractivity contribution in [1.29, 1.82) is 0 Å². The zero-order valence-electron chi connectivity index (χ0n) is 10.3. The summed E-state index contributed by atoms with van der Waals surface area (Å²) in [5.74, 6) is -0.989. The molecule has 19 heavy (non-hydrogen) atoms. The third kappa shape index (κ3) is 1.83. The Morgan fingerprint density at radius 1 is 1.37 bits per heavy atom. The number of nitrogens with two attached hydrogens (primary N) is 1. The van der Waals surface area contributed by atoms with Gasteiger partial charge in [-0.2, -0.15) is 0 Å². The van der Waals surface area contributed by atoms with E-state index >= 15 is 0 Å². The molecule has 6 nitrogen and oxygen atoms in total. The van der Waals surface area contributed by atoms with Crippen molar-refractivity contribution in [2.24, 2.45) is 11.7 Å². The molecule has 1 amide bonds. The highest BCUT2D eigenvalue weighted by Crippen LogP contribution is 2.43. The summed E-state index contributed by atoms with van der Waals surface area (Å²) in [7, 11) is 0. The molecular weight excluding hydrogens is 246 g/mol. The highest BCUT2D eigenvalue weighted by atomic mass is 16.4. The molecule has 2 fully saturated rings. The van der Waals surface area contributed by atoms with Gasteiger partial charge < -0.3 is 15.7 Å². The molecule has 2 aliphatic rings. The second kappa shape index (κ2) is 4.22. The molecule has 3 atom stereocenters. The summed E-state index contributed by atoms with van der Waals surface area (Å²) in [4.78, 5) is 28.7. The number of primary amides is 1. The lowest BCUT2D eigenvalue weighted by atomic mass is 9.89. The number of hydrogen-bond acceptors (Lipinski definition) is 4. The fourth-order valence-corrected chi connectivity index (χ4v) is 3.32. The van der Waals surface area contributed by atoms with E-state index in [-0.39, 0.29) is 23.7 Å². The smallest absolute Gasteiger partial charge is 0.308 e. The number of nitrogens with zero attached hydrogens (tertiary/aromatic N) is 2. The van der Waals surface area contributed by atoms with Crippen molar-refractivity contribution in [2.75, 3.05) is 4.90 Å². The summed E-state index contributed by atoms with van der Waals surface area (Å²) in [6.45, 7) is 0. The van der Waals surface area contributed by atoms with E-state index in [1.165, 1.54) is 0 Å². The van der Waals surface area contributed by atoms with Crippen LogP contribution in [0.3, 0.4) is 0 Å². The Morgan fingerprint density at radius 2 is 2.16 bits per heavy atom. The Bertz CT molecular complexity index is 546. The summed E-state index contributed by atoms with van der Waals surface area (Å²) in [5, 5.41) is 9.22. The number of anilines is 1. The average molecular weight is 261 g/mol. The molecular formula is C13H15N3O3. The lowest BCUT2D eigenvalue weighted by Gasteiger charge is -2.24. The molecule has 3 rings (SSSR count). The van der Waals surface area contributed by atoms with E-state index in [4.69, 9.17) is 5.73 Å². The van der Waals surface area contributed by atoms with Crippen LogP contribution in [0, 0.1) is 5.92 Å². The van der Waals surface area contributed by atoms with Crippen molar-refractivity contribution in [3.63, 3.8) is 0 Å². The van der Waals surface area contributed by atoms with E-state index in [9.17, 15) is 14.7 Å². The van der Waals surface area contributed by atoms with Crippen molar-refractivity contribution in [2.45, 2.75) is 31.3 Å². The summed E-state index contributed by atoms with van der Waals surface area (Å²) >= 11 is 0. The quantitative estimate of drug-likeness (QED) is 0.831. The number of amides is 1. The predicted octanol–water partition coefficient (Wildman–Crippen LogP) is 0.622. The second-order valence-corrected chi connectivity index (χ2v) is 5.13. The topological polar surface area (TPSA) is 96.5 Å². The van der Waals surface area contributed by atoms with Crippen LogP contribution in [0.2, 0.25) is 0 Å². The van der Waals surface area contributed by atoms with Gasteiger partial charge in [0.25, 0.3) is 5.91 Å². The molecule has 0 radical (unpaired) electrons. The van der Waals surface area contributed by atoms with Crippen LogP contribution in [0.5, 0.6) is 0 Å². The van der Waals surface area contributed by atoms with E-state index in [2.05, 4.69) is 4.98 Å². The molecule has 3 N–H and O–H groups in total. The van der Waals surface area contributed by atoms with Crippen molar-refractivity contribution in [3.05, 3.63) is 23.9 Å². The van der Waals surface area contributed by atoms with Crippen LogP contribution in [0.4, 0.5) is 5.82 Å². The molecule has 3 unspecified atom stereocenters. The number of carboxylic acid groups (broad SMARTS) is 1. The first-order valence-electron chi connectivity index (χ1n) is 6.36. The van der Waals surface area contributed by atoms with E-state index in [0.29, 0.717) is 12.2 Å². The first kappa shape index (κ1) is 12.0. The van der Waals surface area contributed by atoms with Crippen molar-refractivity contribution in [3.8, 4) is 0 Å². The van der Waals surface area contributed by atoms with Gasteiger partial charge in [0, 0.05) is 12.1 Å². The van der Waals surface area contributed by atoms with Crippen LogP contribution in [-0.2, 0) is 4.79 Å². The van der Waals surface area contributed by atoms with Crippen molar-refractivity contribution < 1.29 is 14.7 Å². The number of pyridine rings is 1. The first-order valence-corrected chi connectivity index (χ1v) is 6.36. The minimum absolute atomic E-state index is 0.0156. The Labute approximate surface area is 110 Å². The molecule has 6 heteroatoms. The van der Waals surface area contributed by atoms with Crippen LogP contribution in [0.25, 0.3) is 0 Å². The number of carbonyl (C=O) groups excluding carboxylic acids is 1. The molecule has 0 spiro atoms. The van der Waals surface area contributed by atoms with Crippen molar-refractivity contribution in [1.82, 2.24) is 4.98 Å². The van der Waals surface area contributed by atoms with Crippen LogP contribution >= 0.6 is 0 Å². The number of fused-ring (bicyclic) bond motifs is 2. The van der Waals surface area contributed by atoms with Gasteiger partial charge in [0.1, 0.15) is 11.5 Å². The molecule has 1 aromatic rings. The van der Waals surface area contributed by atoms with Crippen LogP contribution in [0.1, 0.15) is 29.8 Å². The maximum absolute atomic E-state index is 11.2. The summed E-state index contributed by atoms with van der Waals surface area (Å²) in [5.41, 5.74) is 5.45. The first-order chi connectivity index (χ1) is 9.08. The maximum atomic E-state index is 11.2. The summed E-state index contributed by atoms with van der Waals surface area (Å²) < 4.78 is 0. The number of carboxylic acids is 1. The molecule has 0 aromatic carbocycles. The maximum Gasteiger partial charge on any atom is 0.308 e. The summed E-state index contributed by atoms with van der Waals surface area (Å²) in [6.07, 6.45) is 2.50. The van der Waals surface area contributed by atoms with Gasteiger partial charge in [-0.05, 0) is 31.4 Å². The van der Waals surface area contributed by atoms with Gasteiger partial charge in [0.05, 0.1) is 5.92 Å². The number of rotatable bonds is 3. The molecule has 0 saturated carbocycles. The SMILES string of the molecule is NC(=O)c1cccc(N2C3CCC2C(C(=O)O)C3)n1. The van der Waals surface area contributed by atoms with Gasteiger partial charge in [-0.15, -0.1) is 0 Å². The lowest BCUT2D eigenvalue weighted by molar-refractivity contribution is -0.142. The van der Waals surface area contributed by atoms with Gasteiger partial charge >= 0.3 is 5.97 Å². The largest absolute Gasteiger partial charge is 0.481 e. The van der Waals surface area contributed by atoms with Gasteiger partial charge in [-0.3, -0.25) is 9.59 Å². The Balaban J connectivity index is 1.93. The van der Waals surface area contributed by atoms with Crippen LogP contribution < -0.4 is 10.6 Å². The molecule has 3 heterocycles. The van der Waals surface area contributed by atoms with E-state index < -0.39 is 11.9 Å².